The van der Waals surface area contributed by atoms with Gasteiger partial charge in [-0.15, -0.1) is 12.4 Å². The summed E-state index contributed by atoms with van der Waals surface area (Å²) in [6, 6.07) is 12.5. The van der Waals surface area contributed by atoms with Crippen molar-refractivity contribution in [2.24, 2.45) is 0 Å². The first kappa shape index (κ1) is 18.6. The number of hydrogen-bond donors (Lipinski definition) is 1. The number of halogens is 1. The standard InChI is InChI=1S/C19H24N2O2.ClH/c1-13-12-20-8-9-21(13)19(22)14(2)15-4-5-17-11-18(23-3)7-6-16(17)10-15;/h4-7,10-11,13-14,20H,8-9,12H2,1-3H3;1H/t13-,14?;/m0./s1. The number of rotatable bonds is 3. The molecule has 5 heteroatoms. The molecule has 1 aliphatic rings. The van der Waals surface area contributed by atoms with E-state index in [4.69, 9.17) is 4.74 Å². The van der Waals surface area contributed by atoms with Crippen molar-refractivity contribution >= 4 is 29.1 Å². The third kappa shape index (κ3) is 3.65. The summed E-state index contributed by atoms with van der Waals surface area (Å²) in [4.78, 5) is 14.8. The van der Waals surface area contributed by atoms with Gasteiger partial charge in [-0.25, -0.2) is 0 Å². The Labute approximate surface area is 149 Å². The molecule has 0 radical (unpaired) electrons. The second kappa shape index (κ2) is 7.86. The molecular formula is C19H25ClN2O2. The largest absolute Gasteiger partial charge is 0.497 e. The van der Waals surface area contributed by atoms with Crippen LogP contribution >= 0.6 is 12.4 Å². The van der Waals surface area contributed by atoms with Crippen LogP contribution in [-0.2, 0) is 4.79 Å². The molecule has 0 bridgehead atoms. The van der Waals surface area contributed by atoms with Crippen LogP contribution < -0.4 is 10.1 Å². The Morgan fingerprint density at radius 3 is 2.67 bits per heavy atom. The first-order valence-electron chi connectivity index (χ1n) is 8.19. The van der Waals surface area contributed by atoms with Crippen LogP contribution in [0.3, 0.4) is 0 Å². The number of nitrogens with one attached hydrogen (secondary N) is 1. The van der Waals surface area contributed by atoms with Gasteiger partial charge in [0.25, 0.3) is 0 Å². The summed E-state index contributed by atoms with van der Waals surface area (Å²) in [7, 11) is 1.67. The van der Waals surface area contributed by atoms with Crippen LogP contribution in [0.25, 0.3) is 10.8 Å². The van der Waals surface area contributed by atoms with Crippen LogP contribution in [0, 0.1) is 0 Å². The Bertz CT molecular complexity index is 720. The fourth-order valence-corrected chi connectivity index (χ4v) is 3.20. The summed E-state index contributed by atoms with van der Waals surface area (Å²) in [5, 5.41) is 5.59. The van der Waals surface area contributed by atoms with Gasteiger partial charge in [0, 0.05) is 25.7 Å². The zero-order valence-electron chi connectivity index (χ0n) is 14.4. The van der Waals surface area contributed by atoms with E-state index in [2.05, 4.69) is 30.4 Å². The van der Waals surface area contributed by atoms with Crippen LogP contribution in [0.15, 0.2) is 36.4 Å². The van der Waals surface area contributed by atoms with Crippen LogP contribution in [0.2, 0.25) is 0 Å². The molecule has 1 amide bonds. The highest BCUT2D eigenvalue weighted by atomic mass is 35.5. The third-order valence-corrected chi connectivity index (χ3v) is 4.73. The molecule has 2 atom stereocenters. The van der Waals surface area contributed by atoms with E-state index in [1.165, 1.54) is 0 Å². The average Bonchev–Trinajstić information content (AvgIpc) is 2.60. The number of carbonyl (C=O) groups is 1. The molecule has 1 fully saturated rings. The van der Waals surface area contributed by atoms with Gasteiger partial charge in [-0.3, -0.25) is 4.79 Å². The first-order chi connectivity index (χ1) is 11.1. The molecule has 0 spiro atoms. The van der Waals surface area contributed by atoms with Crippen molar-refractivity contribution in [3.05, 3.63) is 42.0 Å². The van der Waals surface area contributed by atoms with Gasteiger partial charge in [0.2, 0.25) is 5.91 Å². The number of benzene rings is 2. The van der Waals surface area contributed by atoms with Gasteiger partial charge in [-0.05, 0) is 42.3 Å². The maximum absolute atomic E-state index is 12.8. The second-order valence-corrected chi connectivity index (χ2v) is 6.28. The quantitative estimate of drug-likeness (QED) is 0.926. The van der Waals surface area contributed by atoms with Gasteiger partial charge in [-0.2, -0.15) is 0 Å². The summed E-state index contributed by atoms with van der Waals surface area (Å²) < 4.78 is 5.26. The van der Waals surface area contributed by atoms with Crippen molar-refractivity contribution in [3.8, 4) is 5.75 Å². The van der Waals surface area contributed by atoms with Crippen LogP contribution in [0.1, 0.15) is 25.3 Å². The van der Waals surface area contributed by atoms with E-state index in [-0.39, 0.29) is 30.3 Å². The van der Waals surface area contributed by atoms with Crippen molar-refractivity contribution in [2.75, 3.05) is 26.7 Å². The van der Waals surface area contributed by atoms with E-state index in [9.17, 15) is 4.79 Å². The summed E-state index contributed by atoms with van der Waals surface area (Å²) in [6.45, 7) is 6.64. The van der Waals surface area contributed by atoms with Gasteiger partial charge < -0.3 is 15.0 Å². The number of hydrogen-bond acceptors (Lipinski definition) is 3. The Kier molecular flexibility index (Phi) is 6.08. The second-order valence-electron chi connectivity index (χ2n) is 6.28. The molecule has 0 aliphatic carbocycles. The summed E-state index contributed by atoms with van der Waals surface area (Å²) >= 11 is 0. The molecule has 1 N–H and O–H groups in total. The summed E-state index contributed by atoms with van der Waals surface area (Å²) in [6.07, 6.45) is 0. The topological polar surface area (TPSA) is 41.6 Å². The smallest absolute Gasteiger partial charge is 0.230 e. The Morgan fingerprint density at radius 2 is 1.96 bits per heavy atom. The van der Waals surface area contributed by atoms with Crippen molar-refractivity contribution < 1.29 is 9.53 Å². The van der Waals surface area contributed by atoms with Gasteiger partial charge in [0.15, 0.2) is 0 Å². The molecule has 3 rings (SSSR count). The Hall–Kier alpha value is -1.78. The molecular weight excluding hydrogens is 324 g/mol. The maximum atomic E-state index is 12.8. The first-order valence-corrected chi connectivity index (χ1v) is 8.19. The van der Waals surface area contributed by atoms with Crippen LogP contribution in [0.4, 0.5) is 0 Å². The minimum atomic E-state index is -0.123. The molecule has 4 nitrogen and oxygen atoms in total. The lowest BCUT2D eigenvalue weighted by molar-refractivity contribution is -0.135. The van der Waals surface area contributed by atoms with Crippen LogP contribution in [0.5, 0.6) is 5.75 Å². The predicted molar refractivity (Wildman–Crippen MR) is 100 cm³/mol. The van der Waals surface area contributed by atoms with Gasteiger partial charge >= 0.3 is 0 Å². The van der Waals surface area contributed by atoms with Crippen LogP contribution in [-0.4, -0.2) is 43.6 Å². The molecule has 1 unspecified atom stereocenters. The molecule has 2 aromatic rings. The number of ether oxygens (including phenoxy) is 1. The van der Waals surface area contributed by atoms with E-state index >= 15 is 0 Å². The van der Waals surface area contributed by atoms with E-state index in [0.717, 1.165) is 41.7 Å². The molecule has 1 aliphatic heterocycles. The van der Waals surface area contributed by atoms with Crippen molar-refractivity contribution in [2.45, 2.75) is 25.8 Å². The van der Waals surface area contributed by atoms with Gasteiger partial charge in [-0.1, -0.05) is 24.3 Å². The summed E-state index contributed by atoms with van der Waals surface area (Å²) in [5.41, 5.74) is 1.07. The van der Waals surface area contributed by atoms with Gasteiger partial charge in [0.1, 0.15) is 5.75 Å². The van der Waals surface area contributed by atoms with Gasteiger partial charge in [0.05, 0.1) is 13.0 Å². The number of carbonyl (C=O) groups excluding carboxylic acids is 1. The highest BCUT2D eigenvalue weighted by molar-refractivity contribution is 5.88. The fourth-order valence-electron chi connectivity index (χ4n) is 3.20. The maximum Gasteiger partial charge on any atom is 0.230 e. The van der Waals surface area contributed by atoms with E-state index in [0.29, 0.717) is 0 Å². The molecule has 0 aromatic heterocycles. The molecule has 24 heavy (non-hydrogen) atoms. The van der Waals surface area contributed by atoms with Crippen molar-refractivity contribution in [1.29, 1.82) is 0 Å². The zero-order valence-corrected chi connectivity index (χ0v) is 15.2. The lowest BCUT2D eigenvalue weighted by atomic mass is 9.95. The Morgan fingerprint density at radius 1 is 1.25 bits per heavy atom. The third-order valence-electron chi connectivity index (χ3n) is 4.73. The van der Waals surface area contributed by atoms with Crippen molar-refractivity contribution in [3.63, 3.8) is 0 Å². The molecule has 1 saturated heterocycles. The normalized spacial score (nSPS) is 18.8. The molecule has 130 valence electrons. The predicted octanol–water partition coefficient (Wildman–Crippen LogP) is 3.19. The number of amides is 1. The van der Waals surface area contributed by atoms with Crippen molar-refractivity contribution in [1.82, 2.24) is 10.2 Å². The summed E-state index contributed by atoms with van der Waals surface area (Å²) in [5.74, 6) is 0.943. The average molecular weight is 349 g/mol. The monoisotopic (exact) mass is 348 g/mol. The van der Waals surface area contributed by atoms with E-state index < -0.39 is 0 Å². The minimum Gasteiger partial charge on any atom is -0.497 e. The fraction of sp³-hybridized carbons (Fsp3) is 0.421. The number of piperazine rings is 1. The lowest BCUT2D eigenvalue weighted by Crippen LogP contribution is -2.53. The molecule has 0 saturated carbocycles. The lowest BCUT2D eigenvalue weighted by Gasteiger charge is -2.35. The Balaban J connectivity index is 0.00000208. The highest BCUT2D eigenvalue weighted by Gasteiger charge is 2.27. The van der Waals surface area contributed by atoms with E-state index in [1.54, 1.807) is 7.11 Å². The zero-order chi connectivity index (χ0) is 16.4. The number of nitrogens with zero attached hydrogens (tertiary/aromatic N) is 1. The highest BCUT2D eigenvalue weighted by Crippen LogP contribution is 2.26. The number of fused-ring (bicyclic) bond motifs is 1. The SMILES string of the molecule is COc1ccc2cc(C(C)C(=O)N3CCNC[C@@H]3C)ccc2c1.Cl. The number of methoxy groups -OCH3 is 1. The minimum absolute atomic E-state index is 0. The molecule has 2 aromatic carbocycles. The molecule has 1 heterocycles. The van der Waals surface area contributed by atoms with E-state index in [1.807, 2.05) is 30.0 Å².